The molecule has 0 saturated carbocycles. The summed E-state index contributed by atoms with van der Waals surface area (Å²) in [5.74, 6) is 0. The van der Waals surface area contributed by atoms with Gasteiger partial charge in [0.15, 0.2) is 0 Å². The second-order valence-electron chi connectivity index (χ2n) is 5.53. The van der Waals surface area contributed by atoms with Crippen LogP contribution < -0.4 is 5.63 Å². The Bertz CT molecular complexity index is 1170. The van der Waals surface area contributed by atoms with Gasteiger partial charge in [-0.25, -0.2) is 9.78 Å². The number of azo groups is 1. The summed E-state index contributed by atoms with van der Waals surface area (Å²) in [5, 5.41) is 12.0. The van der Waals surface area contributed by atoms with Crippen molar-refractivity contribution in [1.82, 2.24) is 4.98 Å². The van der Waals surface area contributed by atoms with Crippen molar-refractivity contribution in [1.29, 1.82) is 0 Å². The van der Waals surface area contributed by atoms with Gasteiger partial charge in [-0.15, -0.1) is 16.5 Å². The van der Waals surface area contributed by atoms with Gasteiger partial charge in [0.25, 0.3) is 0 Å². The Balaban J connectivity index is 1.57. The first-order valence-corrected chi connectivity index (χ1v) is 9.05. The van der Waals surface area contributed by atoms with Gasteiger partial charge >= 0.3 is 5.63 Å². The van der Waals surface area contributed by atoms with E-state index >= 15 is 0 Å². The summed E-state index contributed by atoms with van der Waals surface area (Å²) in [7, 11) is 0. The summed E-state index contributed by atoms with van der Waals surface area (Å²) in [6.45, 7) is 0.410. The Morgan fingerprint density at radius 1 is 1.12 bits per heavy atom. The standard InChI is InChI=1S/C19H12ClN3O2S/c20-14-6-3-4-12(8-14)10-21-23-19-22-16(11-26-19)15-9-13-5-1-2-7-17(13)25-18(15)24/h1-9,11H,10H2. The molecular formula is C19H12ClN3O2S. The van der Waals surface area contributed by atoms with Gasteiger partial charge in [0.1, 0.15) is 5.58 Å². The van der Waals surface area contributed by atoms with Crippen molar-refractivity contribution in [2.45, 2.75) is 6.54 Å². The van der Waals surface area contributed by atoms with Crippen LogP contribution in [-0.4, -0.2) is 4.98 Å². The van der Waals surface area contributed by atoms with Crippen molar-refractivity contribution in [2.24, 2.45) is 10.2 Å². The highest BCUT2D eigenvalue weighted by Gasteiger charge is 2.11. The zero-order valence-corrected chi connectivity index (χ0v) is 15.0. The van der Waals surface area contributed by atoms with Crippen molar-refractivity contribution in [2.75, 3.05) is 0 Å². The van der Waals surface area contributed by atoms with Gasteiger partial charge in [-0.2, -0.15) is 5.11 Å². The van der Waals surface area contributed by atoms with Crippen molar-refractivity contribution in [3.63, 3.8) is 0 Å². The second-order valence-corrected chi connectivity index (χ2v) is 6.80. The van der Waals surface area contributed by atoms with Gasteiger partial charge in [-0.3, -0.25) is 0 Å². The maximum atomic E-state index is 12.2. The first-order valence-electron chi connectivity index (χ1n) is 7.80. The normalized spacial score (nSPS) is 11.4. The van der Waals surface area contributed by atoms with Crippen LogP contribution in [0.1, 0.15) is 5.56 Å². The molecule has 0 saturated heterocycles. The monoisotopic (exact) mass is 381 g/mol. The van der Waals surface area contributed by atoms with Crippen LogP contribution in [0, 0.1) is 0 Å². The highest BCUT2D eigenvalue weighted by Crippen LogP contribution is 2.27. The molecule has 0 aliphatic rings. The SMILES string of the molecule is O=c1oc2ccccc2cc1-c1csc(N=NCc2cccc(Cl)c2)n1. The van der Waals surface area contributed by atoms with Gasteiger partial charge in [0, 0.05) is 15.8 Å². The molecule has 2 aromatic heterocycles. The smallest absolute Gasteiger partial charge is 0.345 e. The second kappa shape index (κ2) is 7.19. The molecule has 0 fully saturated rings. The van der Waals surface area contributed by atoms with Gasteiger partial charge in [-0.05, 0) is 29.8 Å². The van der Waals surface area contributed by atoms with Crippen LogP contribution in [0.4, 0.5) is 5.13 Å². The largest absolute Gasteiger partial charge is 0.422 e. The molecule has 0 amide bonds. The molecule has 7 heteroatoms. The maximum Gasteiger partial charge on any atom is 0.345 e. The van der Waals surface area contributed by atoms with Crippen LogP contribution in [0.25, 0.3) is 22.2 Å². The third-order valence-corrected chi connectivity index (χ3v) is 4.67. The van der Waals surface area contributed by atoms with Gasteiger partial charge in [0.2, 0.25) is 5.13 Å². The van der Waals surface area contributed by atoms with E-state index in [9.17, 15) is 4.79 Å². The van der Waals surface area contributed by atoms with Crippen molar-refractivity contribution < 1.29 is 4.42 Å². The Morgan fingerprint density at radius 2 is 2.00 bits per heavy atom. The van der Waals surface area contributed by atoms with Crippen LogP contribution in [-0.2, 0) is 6.54 Å². The van der Waals surface area contributed by atoms with E-state index < -0.39 is 5.63 Å². The molecule has 26 heavy (non-hydrogen) atoms. The molecule has 2 aromatic carbocycles. The lowest BCUT2D eigenvalue weighted by Gasteiger charge is -1.98. The quantitative estimate of drug-likeness (QED) is 0.328. The van der Waals surface area contributed by atoms with Crippen molar-refractivity contribution in [3.05, 3.63) is 81.0 Å². The Labute approximate surface area is 157 Å². The van der Waals surface area contributed by atoms with E-state index in [0.717, 1.165) is 10.9 Å². The Kier molecular flexibility index (Phi) is 4.60. The topological polar surface area (TPSA) is 67.8 Å². The van der Waals surface area contributed by atoms with Crippen molar-refractivity contribution >= 4 is 39.0 Å². The fourth-order valence-electron chi connectivity index (χ4n) is 2.49. The minimum Gasteiger partial charge on any atom is -0.422 e. The van der Waals surface area contributed by atoms with Gasteiger partial charge < -0.3 is 4.42 Å². The molecule has 0 bridgehead atoms. The predicted molar refractivity (Wildman–Crippen MR) is 103 cm³/mol. The fraction of sp³-hybridized carbons (Fsp3) is 0.0526. The molecule has 4 aromatic rings. The average Bonchev–Trinajstić information content (AvgIpc) is 3.10. The molecule has 5 nitrogen and oxygen atoms in total. The van der Waals surface area contributed by atoms with E-state index in [2.05, 4.69) is 15.2 Å². The lowest BCUT2D eigenvalue weighted by Crippen LogP contribution is -2.02. The molecule has 0 aliphatic carbocycles. The van der Waals surface area contributed by atoms with E-state index in [0.29, 0.717) is 33.5 Å². The molecule has 0 spiro atoms. The molecule has 0 unspecified atom stereocenters. The third kappa shape index (κ3) is 3.56. The van der Waals surface area contributed by atoms with Crippen molar-refractivity contribution in [3.8, 4) is 11.3 Å². The number of benzene rings is 2. The molecule has 0 atom stereocenters. The van der Waals surface area contributed by atoms with Gasteiger partial charge in [-0.1, -0.05) is 41.9 Å². The number of fused-ring (bicyclic) bond motifs is 1. The molecule has 128 valence electrons. The highest BCUT2D eigenvalue weighted by molar-refractivity contribution is 7.13. The molecule has 0 radical (unpaired) electrons. The number of thiazole rings is 1. The summed E-state index contributed by atoms with van der Waals surface area (Å²) in [6, 6.07) is 16.6. The zero-order chi connectivity index (χ0) is 17.9. The minimum absolute atomic E-state index is 0.410. The van der Waals surface area contributed by atoms with E-state index in [-0.39, 0.29) is 0 Å². The van der Waals surface area contributed by atoms with E-state index in [1.807, 2.05) is 42.5 Å². The number of nitrogens with zero attached hydrogens (tertiary/aromatic N) is 3. The first kappa shape index (κ1) is 16.6. The Hall–Kier alpha value is -2.83. The zero-order valence-electron chi connectivity index (χ0n) is 13.4. The van der Waals surface area contributed by atoms with E-state index in [1.54, 1.807) is 17.5 Å². The summed E-state index contributed by atoms with van der Waals surface area (Å²) < 4.78 is 5.35. The Morgan fingerprint density at radius 3 is 2.88 bits per heavy atom. The molecule has 0 N–H and O–H groups in total. The summed E-state index contributed by atoms with van der Waals surface area (Å²) in [4.78, 5) is 16.6. The molecule has 2 heterocycles. The average molecular weight is 382 g/mol. The first-order chi connectivity index (χ1) is 12.7. The summed E-state index contributed by atoms with van der Waals surface area (Å²) in [5.41, 5.74) is 2.05. The van der Waals surface area contributed by atoms with Crippen LogP contribution >= 0.6 is 22.9 Å². The number of hydrogen-bond acceptors (Lipinski definition) is 6. The lowest BCUT2D eigenvalue weighted by molar-refractivity contribution is 0.563. The van der Waals surface area contributed by atoms with E-state index in [4.69, 9.17) is 16.0 Å². The predicted octanol–water partition coefficient (Wildman–Crippen LogP) is 5.85. The van der Waals surface area contributed by atoms with Gasteiger partial charge in [0.05, 0.1) is 17.8 Å². The van der Waals surface area contributed by atoms with E-state index in [1.165, 1.54) is 11.3 Å². The van der Waals surface area contributed by atoms with Crippen LogP contribution in [0.3, 0.4) is 0 Å². The molecule has 4 rings (SSSR count). The van der Waals surface area contributed by atoms with Crippen LogP contribution in [0.2, 0.25) is 5.02 Å². The fourth-order valence-corrected chi connectivity index (χ4v) is 3.35. The number of aromatic nitrogens is 1. The molecule has 0 aliphatic heterocycles. The number of para-hydroxylation sites is 1. The minimum atomic E-state index is -0.420. The summed E-state index contributed by atoms with van der Waals surface area (Å²) >= 11 is 7.27. The molecular weight excluding hydrogens is 370 g/mol. The summed E-state index contributed by atoms with van der Waals surface area (Å²) in [6.07, 6.45) is 0. The number of rotatable bonds is 4. The maximum absolute atomic E-state index is 12.2. The van der Waals surface area contributed by atoms with Crippen LogP contribution in [0.15, 0.2) is 79.4 Å². The third-order valence-electron chi connectivity index (χ3n) is 3.71. The highest BCUT2D eigenvalue weighted by atomic mass is 35.5. The number of halogens is 1. The van der Waals surface area contributed by atoms with Crippen LogP contribution in [0.5, 0.6) is 0 Å². The number of hydrogen-bond donors (Lipinski definition) is 0. The lowest BCUT2D eigenvalue weighted by atomic mass is 10.1.